The lowest BCUT2D eigenvalue weighted by Crippen LogP contribution is -2.13. The first kappa shape index (κ1) is 22.0. The number of fused-ring (bicyclic) bond motifs is 1. The van der Waals surface area contributed by atoms with E-state index in [4.69, 9.17) is 23.9 Å². The molecule has 0 saturated carbocycles. The van der Waals surface area contributed by atoms with E-state index in [1.165, 1.54) is 21.3 Å². The summed E-state index contributed by atoms with van der Waals surface area (Å²) in [6.07, 6.45) is 3.92. The molecule has 0 bridgehead atoms. The molecule has 0 radical (unpaired) electrons. The fraction of sp³-hybridized carbons (Fsp3) is 0.200. The van der Waals surface area contributed by atoms with Crippen LogP contribution in [0.5, 0.6) is 23.0 Å². The van der Waals surface area contributed by atoms with E-state index in [1.54, 1.807) is 25.3 Å². The molecule has 0 aliphatic carbocycles. The molecule has 1 amide bonds. The van der Waals surface area contributed by atoms with Crippen LogP contribution >= 0.6 is 0 Å². The highest BCUT2D eigenvalue weighted by Crippen LogP contribution is 2.39. The fourth-order valence-corrected chi connectivity index (χ4v) is 3.59. The summed E-state index contributed by atoms with van der Waals surface area (Å²) in [5.41, 5.74) is 4.47. The number of carbonyl (C=O) groups excluding carboxylic acids is 1. The molecular formula is C25H25N3O5. The van der Waals surface area contributed by atoms with Gasteiger partial charge in [0, 0.05) is 23.5 Å². The topological polar surface area (TPSA) is 83.3 Å². The maximum Gasteiger partial charge on any atom is 0.256 e. The molecule has 170 valence electrons. The van der Waals surface area contributed by atoms with Gasteiger partial charge in [0.25, 0.3) is 5.91 Å². The molecule has 2 heterocycles. The van der Waals surface area contributed by atoms with Crippen LogP contribution in [-0.4, -0.2) is 43.7 Å². The Hall–Kier alpha value is -4.20. The van der Waals surface area contributed by atoms with Crippen molar-refractivity contribution in [3.8, 4) is 34.3 Å². The van der Waals surface area contributed by atoms with Gasteiger partial charge in [-0.05, 0) is 55.0 Å². The minimum atomic E-state index is -0.352. The number of aromatic nitrogens is 2. The third kappa shape index (κ3) is 4.27. The second-order valence-corrected chi connectivity index (χ2v) is 7.38. The van der Waals surface area contributed by atoms with Crippen molar-refractivity contribution < 1.29 is 23.7 Å². The van der Waals surface area contributed by atoms with Gasteiger partial charge in [-0.25, -0.2) is 4.98 Å². The molecule has 0 spiro atoms. The number of nitrogens with one attached hydrogen (secondary N) is 1. The highest BCUT2D eigenvalue weighted by molar-refractivity contribution is 6.06. The molecule has 33 heavy (non-hydrogen) atoms. The molecule has 8 nitrogen and oxygen atoms in total. The summed E-state index contributed by atoms with van der Waals surface area (Å²) in [5, 5.41) is 2.92. The number of imidazole rings is 1. The molecule has 0 unspecified atom stereocenters. The maximum atomic E-state index is 13.1. The summed E-state index contributed by atoms with van der Waals surface area (Å²) in [6, 6.07) is 12.8. The van der Waals surface area contributed by atoms with Crippen LogP contribution in [-0.2, 0) is 0 Å². The van der Waals surface area contributed by atoms with Crippen LogP contribution < -0.4 is 24.3 Å². The Labute approximate surface area is 191 Å². The Morgan fingerprint density at radius 3 is 2.21 bits per heavy atom. The lowest BCUT2D eigenvalue weighted by atomic mass is 10.1. The molecule has 2 aromatic carbocycles. The van der Waals surface area contributed by atoms with Gasteiger partial charge in [0.2, 0.25) is 5.75 Å². The van der Waals surface area contributed by atoms with E-state index in [1.807, 2.05) is 48.0 Å². The first-order valence-electron chi connectivity index (χ1n) is 10.2. The van der Waals surface area contributed by atoms with Crippen LogP contribution in [0.2, 0.25) is 0 Å². The number of aryl methyl sites for hydroxylation is 1. The average molecular weight is 447 g/mol. The van der Waals surface area contributed by atoms with Gasteiger partial charge in [-0.3, -0.25) is 4.79 Å². The van der Waals surface area contributed by atoms with Crippen molar-refractivity contribution >= 4 is 17.2 Å². The summed E-state index contributed by atoms with van der Waals surface area (Å²) in [4.78, 5) is 17.8. The van der Waals surface area contributed by atoms with Crippen molar-refractivity contribution in [2.75, 3.05) is 33.8 Å². The summed E-state index contributed by atoms with van der Waals surface area (Å²) in [5.74, 6) is 1.37. The van der Waals surface area contributed by atoms with Gasteiger partial charge in [-0.15, -0.1) is 0 Å². The van der Waals surface area contributed by atoms with Crippen molar-refractivity contribution in [1.82, 2.24) is 9.38 Å². The Kier molecular flexibility index (Phi) is 6.08. The lowest BCUT2D eigenvalue weighted by molar-refractivity contribution is 0.102. The van der Waals surface area contributed by atoms with Crippen LogP contribution in [0.1, 0.15) is 15.9 Å². The zero-order valence-corrected chi connectivity index (χ0v) is 19.1. The Bertz CT molecular complexity index is 1300. The SMILES string of the molecule is COc1ccc(-c2cn3ccc(C)cc3n2)cc1NC(=O)c1cc(OC)c(OC)c(OC)c1. The number of amides is 1. The molecule has 1 N–H and O–H groups in total. The largest absolute Gasteiger partial charge is 0.495 e. The number of anilines is 1. The number of pyridine rings is 1. The molecule has 0 aliphatic heterocycles. The van der Waals surface area contributed by atoms with Crippen LogP contribution in [0.3, 0.4) is 0 Å². The summed E-state index contributed by atoms with van der Waals surface area (Å²) < 4.78 is 23.5. The number of hydrogen-bond acceptors (Lipinski definition) is 6. The zero-order valence-electron chi connectivity index (χ0n) is 19.1. The molecule has 4 aromatic rings. The molecule has 2 aromatic heterocycles. The van der Waals surface area contributed by atoms with Crippen LogP contribution in [0.4, 0.5) is 5.69 Å². The number of ether oxygens (including phenoxy) is 4. The Morgan fingerprint density at radius 1 is 0.879 bits per heavy atom. The Morgan fingerprint density at radius 2 is 1.58 bits per heavy atom. The van der Waals surface area contributed by atoms with E-state index in [0.717, 1.165) is 22.5 Å². The number of hydrogen-bond donors (Lipinski definition) is 1. The van der Waals surface area contributed by atoms with Crippen LogP contribution in [0, 0.1) is 6.92 Å². The number of rotatable bonds is 7. The average Bonchev–Trinajstić information content (AvgIpc) is 3.26. The highest BCUT2D eigenvalue weighted by atomic mass is 16.5. The first-order chi connectivity index (χ1) is 16.0. The lowest BCUT2D eigenvalue weighted by Gasteiger charge is -2.15. The minimum absolute atomic E-state index is 0.347. The smallest absolute Gasteiger partial charge is 0.256 e. The molecule has 0 atom stereocenters. The molecule has 0 saturated heterocycles. The van der Waals surface area contributed by atoms with Crippen molar-refractivity contribution in [3.05, 3.63) is 66.0 Å². The van der Waals surface area contributed by atoms with Gasteiger partial charge < -0.3 is 28.7 Å². The Balaban J connectivity index is 1.69. The van der Waals surface area contributed by atoms with Gasteiger partial charge in [-0.1, -0.05) is 0 Å². The first-order valence-corrected chi connectivity index (χ1v) is 10.2. The summed E-state index contributed by atoms with van der Waals surface area (Å²) in [6.45, 7) is 2.03. The van der Waals surface area contributed by atoms with Gasteiger partial charge >= 0.3 is 0 Å². The minimum Gasteiger partial charge on any atom is -0.495 e. The monoisotopic (exact) mass is 447 g/mol. The van der Waals surface area contributed by atoms with Gasteiger partial charge in [-0.2, -0.15) is 0 Å². The second kappa shape index (κ2) is 9.12. The predicted molar refractivity (Wildman–Crippen MR) is 126 cm³/mol. The van der Waals surface area contributed by atoms with Crippen molar-refractivity contribution in [1.29, 1.82) is 0 Å². The van der Waals surface area contributed by atoms with E-state index < -0.39 is 0 Å². The molecule has 8 heteroatoms. The van der Waals surface area contributed by atoms with Crippen molar-refractivity contribution in [3.63, 3.8) is 0 Å². The molecule has 0 fully saturated rings. The third-order valence-electron chi connectivity index (χ3n) is 5.29. The van der Waals surface area contributed by atoms with Gasteiger partial charge in [0.15, 0.2) is 11.5 Å². The molecule has 4 rings (SSSR count). The van der Waals surface area contributed by atoms with Gasteiger partial charge in [0.05, 0.1) is 39.8 Å². The quantitative estimate of drug-likeness (QED) is 0.446. The third-order valence-corrected chi connectivity index (χ3v) is 5.29. The number of carbonyl (C=O) groups is 1. The van der Waals surface area contributed by atoms with E-state index in [0.29, 0.717) is 34.2 Å². The normalized spacial score (nSPS) is 10.7. The van der Waals surface area contributed by atoms with E-state index in [9.17, 15) is 4.79 Å². The van der Waals surface area contributed by atoms with Crippen LogP contribution in [0.25, 0.3) is 16.9 Å². The highest BCUT2D eigenvalue weighted by Gasteiger charge is 2.18. The van der Waals surface area contributed by atoms with Crippen LogP contribution in [0.15, 0.2) is 54.9 Å². The van der Waals surface area contributed by atoms with E-state index in [2.05, 4.69) is 5.32 Å². The molecular weight excluding hydrogens is 422 g/mol. The summed E-state index contributed by atoms with van der Waals surface area (Å²) in [7, 11) is 6.07. The molecule has 0 aliphatic rings. The maximum absolute atomic E-state index is 13.1. The number of methoxy groups -OCH3 is 4. The van der Waals surface area contributed by atoms with Gasteiger partial charge in [0.1, 0.15) is 11.4 Å². The standard InChI is InChI=1S/C25H25N3O5/c1-15-8-9-28-14-19(26-23(28)10-15)16-6-7-20(30-2)18(11-16)27-25(29)17-12-21(31-3)24(33-5)22(13-17)32-4/h6-14H,1-5H3,(H,27,29). The van der Waals surface area contributed by atoms with E-state index in [-0.39, 0.29) is 5.91 Å². The summed E-state index contributed by atoms with van der Waals surface area (Å²) >= 11 is 0. The number of benzene rings is 2. The number of nitrogens with zero attached hydrogens (tertiary/aromatic N) is 2. The van der Waals surface area contributed by atoms with Crippen molar-refractivity contribution in [2.45, 2.75) is 6.92 Å². The zero-order chi connectivity index (χ0) is 23.5. The predicted octanol–water partition coefficient (Wildman–Crippen LogP) is 4.60. The fourth-order valence-electron chi connectivity index (χ4n) is 3.59. The second-order valence-electron chi connectivity index (χ2n) is 7.38. The van der Waals surface area contributed by atoms with Crippen molar-refractivity contribution in [2.24, 2.45) is 0 Å². The van der Waals surface area contributed by atoms with E-state index >= 15 is 0 Å².